The van der Waals surface area contributed by atoms with Gasteiger partial charge in [-0.25, -0.2) is 9.97 Å². The first-order valence-electron chi connectivity index (χ1n) is 6.05. The molecule has 1 aromatic heterocycles. The van der Waals surface area contributed by atoms with Crippen molar-refractivity contribution < 1.29 is 0 Å². The highest BCUT2D eigenvalue weighted by atomic mass is 127. The molecule has 1 aliphatic carbocycles. The van der Waals surface area contributed by atoms with Gasteiger partial charge in [-0.1, -0.05) is 25.7 Å². The topological polar surface area (TPSA) is 37.8 Å². The monoisotopic (exact) mass is 331 g/mol. The standard InChI is InChI=1S/C12H18IN3/c13-11-8-14-9-16-12(11)15-7-3-6-10-4-1-2-5-10/h8-10H,1-7H2,(H,14,15,16). The van der Waals surface area contributed by atoms with Crippen LogP contribution in [0.5, 0.6) is 0 Å². The van der Waals surface area contributed by atoms with E-state index in [1.54, 1.807) is 6.33 Å². The first-order chi connectivity index (χ1) is 7.86. The Morgan fingerprint density at radius 3 is 2.94 bits per heavy atom. The predicted octanol–water partition coefficient (Wildman–Crippen LogP) is 3.46. The molecule has 0 spiro atoms. The van der Waals surface area contributed by atoms with Crippen LogP contribution >= 0.6 is 22.6 Å². The Kier molecular flexibility index (Phi) is 4.81. The van der Waals surface area contributed by atoms with E-state index in [1.807, 2.05) is 6.20 Å². The van der Waals surface area contributed by atoms with Crippen LogP contribution in [0.1, 0.15) is 38.5 Å². The normalized spacial score (nSPS) is 16.6. The van der Waals surface area contributed by atoms with E-state index in [1.165, 1.54) is 38.5 Å². The van der Waals surface area contributed by atoms with E-state index < -0.39 is 0 Å². The molecule has 16 heavy (non-hydrogen) atoms. The van der Waals surface area contributed by atoms with Crippen LogP contribution in [0, 0.1) is 9.49 Å². The number of anilines is 1. The second-order valence-corrected chi connectivity index (χ2v) is 5.60. The van der Waals surface area contributed by atoms with Gasteiger partial charge in [0.05, 0.1) is 3.57 Å². The van der Waals surface area contributed by atoms with Crippen molar-refractivity contribution in [3.8, 4) is 0 Å². The Hall–Kier alpha value is -0.390. The summed E-state index contributed by atoms with van der Waals surface area (Å²) in [5.41, 5.74) is 0. The number of hydrogen-bond acceptors (Lipinski definition) is 3. The summed E-state index contributed by atoms with van der Waals surface area (Å²) in [6.07, 6.45) is 11.9. The molecule has 2 rings (SSSR count). The Bertz CT molecular complexity index is 324. The largest absolute Gasteiger partial charge is 0.369 e. The van der Waals surface area contributed by atoms with Crippen molar-refractivity contribution in [2.45, 2.75) is 38.5 Å². The van der Waals surface area contributed by atoms with Gasteiger partial charge in [0.1, 0.15) is 12.1 Å². The molecular weight excluding hydrogens is 313 g/mol. The van der Waals surface area contributed by atoms with Crippen molar-refractivity contribution in [3.63, 3.8) is 0 Å². The molecule has 0 amide bonds. The van der Waals surface area contributed by atoms with Crippen LogP contribution < -0.4 is 5.32 Å². The fraction of sp³-hybridized carbons (Fsp3) is 0.667. The van der Waals surface area contributed by atoms with Gasteiger partial charge >= 0.3 is 0 Å². The molecule has 0 saturated heterocycles. The van der Waals surface area contributed by atoms with Gasteiger partial charge in [-0.3, -0.25) is 0 Å². The second-order valence-electron chi connectivity index (χ2n) is 4.44. The van der Waals surface area contributed by atoms with E-state index in [0.29, 0.717) is 0 Å². The van der Waals surface area contributed by atoms with Crippen LogP contribution in [0.3, 0.4) is 0 Å². The van der Waals surface area contributed by atoms with Gasteiger partial charge in [0, 0.05) is 12.7 Å². The predicted molar refractivity (Wildman–Crippen MR) is 74.4 cm³/mol. The summed E-state index contributed by atoms with van der Waals surface area (Å²) < 4.78 is 1.10. The summed E-state index contributed by atoms with van der Waals surface area (Å²) in [5, 5.41) is 3.38. The van der Waals surface area contributed by atoms with Gasteiger partial charge in [0.2, 0.25) is 0 Å². The Labute approximate surface area is 111 Å². The summed E-state index contributed by atoms with van der Waals surface area (Å²) >= 11 is 2.26. The van der Waals surface area contributed by atoms with Crippen LogP contribution in [-0.4, -0.2) is 16.5 Å². The van der Waals surface area contributed by atoms with Crippen molar-refractivity contribution >= 4 is 28.4 Å². The molecule has 1 aliphatic rings. The molecule has 0 atom stereocenters. The lowest BCUT2D eigenvalue weighted by Crippen LogP contribution is -2.07. The molecule has 1 saturated carbocycles. The second kappa shape index (κ2) is 6.37. The molecule has 0 aliphatic heterocycles. The molecule has 0 radical (unpaired) electrons. The Morgan fingerprint density at radius 1 is 1.38 bits per heavy atom. The van der Waals surface area contributed by atoms with Gasteiger partial charge < -0.3 is 5.32 Å². The maximum absolute atomic E-state index is 4.22. The smallest absolute Gasteiger partial charge is 0.142 e. The summed E-state index contributed by atoms with van der Waals surface area (Å²) in [5.74, 6) is 1.97. The molecule has 1 N–H and O–H groups in total. The van der Waals surface area contributed by atoms with Crippen molar-refractivity contribution in [1.29, 1.82) is 0 Å². The average Bonchev–Trinajstić information content (AvgIpc) is 2.79. The molecule has 4 heteroatoms. The minimum Gasteiger partial charge on any atom is -0.369 e. The lowest BCUT2D eigenvalue weighted by atomic mass is 10.0. The number of aromatic nitrogens is 2. The number of nitrogens with zero attached hydrogens (tertiary/aromatic N) is 2. The highest BCUT2D eigenvalue weighted by Gasteiger charge is 2.13. The third-order valence-corrected chi connectivity index (χ3v) is 4.01. The van der Waals surface area contributed by atoms with Crippen LogP contribution in [0.4, 0.5) is 5.82 Å². The van der Waals surface area contributed by atoms with Crippen molar-refractivity contribution in [2.75, 3.05) is 11.9 Å². The molecule has 0 unspecified atom stereocenters. The zero-order valence-corrected chi connectivity index (χ0v) is 11.6. The lowest BCUT2D eigenvalue weighted by Gasteiger charge is -2.10. The van der Waals surface area contributed by atoms with E-state index in [0.717, 1.165) is 21.9 Å². The number of nitrogens with one attached hydrogen (secondary N) is 1. The third kappa shape index (κ3) is 3.57. The molecule has 3 nitrogen and oxygen atoms in total. The SMILES string of the molecule is Ic1cncnc1NCCCC1CCCC1. The maximum Gasteiger partial charge on any atom is 0.142 e. The summed E-state index contributed by atoms with van der Waals surface area (Å²) in [7, 11) is 0. The first-order valence-corrected chi connectivity index (χ1v) is 7.13. The average molecular weight is 331 g/mol. The fourth-order valence-corrected chi connectivity index (χ4v) is 2.83. The fourth-order valence-electron chi connectivity index (χ4n) is 2.34. The zero-order chi connectivity index (χ0) is 11.2. The Morgan fingerprint density at radius 2 is 2.19 bits per heavy atom. The van der Waals surface area contributed by atoms with E-state index in [9.17, 15) is 0 Å². The van der Waals surface area contributed by atoms with Gasteiger partial charge in [-0.05, 0) is 41.4 Å². The molecule has 0 bridgehead atoms. The Balaban J connectivity index is 1.66. The summed E-state index contributed by atoms with van der Waals surface area (Å²) in [6.45, 7) is 1.03. The van der Waals surface area contributed by atoms with E-state index in [2.05, 4.69) is 37.9 Å². The lowest BCUT2D eigenvalue weighted by molar-refractivity contribution is 0.491. The molecule has 1 heterocycles. The summed E-state index contributed by atoms with van der Waals surface area (Å²) in [4.78, 5) is 8.20. The third-order valence-electron chi connectivity index (χ3n) is 3.22. The van der Waals surface area contributed by atoms with Crippen LogP contribution in [0.25, 0.3) is 0 Å². The maximum atomic E-state index is 4.22. The number of rotatable bonds is 5. The minimum atomic E-state index is 0.974. The van der Waals surface area contributed by atoms with Crippen LogP contribution in [0.15, 0.2) is 12.5 Å². The number of halogens is 1. The molecule has 1 fully saturated rings. The highest BCUT2D eigenvalue weighted by molar-refractivity contribution is 14.1. The quantitative estimate of drug-likeness (QED) is 0.663. The first kappa shape index (κ1) is 12.1. The molecule has 88 valence electrons. The molecular formula is C12H18IN3. The minimum absolute atomic E-state index is 0.974. The van der Waals surface area contributed by atoms with Crippen molar-refractivity contribution in [3.05, 3.63) is 16.1 Å². The van der Waals surface area contributed by atoms with Gasteiger partial charge in [0.15, 0.2) is 0 Å². The van der Waals surface area contributed by atoms with E-state index >= 15 is 0 Å². The zero-order valence-electron chi connectivity index (χ0n) is 9.45. The van der Waals surface area contributed by atoms with Gasteiger partial charge in [-0.15, -0.1) is 0 Å². The van der Waals surface area contributed by atoms with E-state index in [-0.39, 0.29) is 0 Å². The van der Waals surface area contributed by atoms with Crippen molar-refractivity contribution in [2.24, 2.45) is 5.92 Å². The van der Waals surface area contributed by atoms with Crippen LogP contribution in [-0.2, 0) is 0 Å². The van der Waals surface area contributed by atoms with Gasteiger partial charge in [-0.2, -0.15) is 0 Å². The van der Waals surface area contributed by atoms with Gasteiger partial charge in [0.25, 0.3) is 0 Å². The summed E-state index contributed by atoms with van der Waals surface area (Å²) in [6, 6.07) is 0. The number of hydrogen-bond donors (Lipinski definition) is 1. The molecule has 0 aromatic carbocycles. The van der Waals surface area contributed by atoms with Crippen molar-refractivity contribution in [1.82, 2.24) is 9.97 Å². The van der Waals surface area contributed by atoms with E-state index in [4.69, 9.17) is 0 Å². The highest BCUT2D eigenvalue weighted by Crippen LogP contribution is 2.28. The molecule has 1 aromatic rings. The van der Waals surface area contributed by atoms with Crippen LogP contribution in [0.2, 0.25) is 0 Å².